The molecule has 0 saturated carbocycles. The number of hydrogen-bond acceptors (Lipinski definition) is 5. The van der Waals surface area contributed by atoms with Crippen LogP contribution in [0, 0.1) is 13.8 Å². The number of nitrogens with one attached hydrogen (secondary N) is 1. The van der Waals surface area contributed by atoms with Crippen LogP contribution in [0.3, 0.4) is 0 Å². The molecular weight excluding hydrogens is 408 g/mol. The molecule has 6 nitrogen and oxygen atoms in total. The van der Waals surface area contributed by atoms with E-state index in [1.807, 2.05) is 68.8 Å². The first kappa shape index (κ1) is 21.2. The molecule has 1 unspecified atom stereocenters. The summed E-state index contributed by atoms with van der Waals surface area (Å²) in [6.45, 7) is 5.84. The van der Waals surface area contributed by atoms with Crippen molar-refractivity contribution in [1.82, 2.24) is 14.8 Å². The van der Waals surface area contributed by atoms with E-state index in [0.717, 1.165) is 22.6 Å². The molecule has 152 valence electrons. The van der Waals surface area contributed by atoms with E-state index >= 15 is 0 Å². The molecule has 2 aromatic carbocycles. The molecule has 8 heteroatoms. The van der Waals surface area contributed by atoms with Crippen LogP contribution in [-0.4, -0.2) is 26.4 Å². The third kappa shape index (κ3) is 5.52. The number of hydrogen-bond donors (Lipinski definition) is 1. The molecule has 0 spiro atoms. The van der Waals surface area contributed by atoms with Gasteiger partial charge in [0.05, 0.1) is 5.75 Å². The fourth-order valence-electron chi connectivity index (χ4n) is 2.84. The number of thioether (sulfide) groups is 1. The van der Waals surface area contributed by atoms with Gasteiger partial charge in [-0.3, -0.25) is 4.79 Å². The van der Waals surface area contributed by atoms with Crippen LogP contribution >= 0.6 is 23.4 Å². The van der Waals surface area contributed by atoms with Crippen LogP contribution in [0.5, 0.6) is 5.75 Å². The Morgan fingerprint density at radius 3 is 2.76 bits per heavy atom. The Balaban J connectivity index is 1.60. The van der Waals surface area contributed by atoms with E-state index in [4.69, 9.17) is 16.3 Å². The van der Waals surface area contributed by atoms with E-state index in [0.29, 0.717) is 16.0 Å². The van der Waals surface area contributed by atoms with Gasteiger partial charge in [0, 0.05) is 17.8 Å². The van der Waals surface area contributed by atoms with Crippen molar-refractivity contribution in [2.75, 3.05) is 11.1 Å². The van der Waals surface area contributed by atoms with Crippen molar-refractivity contribution in [1.29, 1.82) is 0 Å². The number of aryl methyl sites for hydroxylation is 2. The molecule has 0 aliphatic heterocycles. The number of carbonyl (C=O) groups is 1. The van der Waals surface area contributed by atoms with Crippen molar-refractivity contribution in [3.8, 4) is 5.75 Å². The first-order valence-corrected chi connectivity index (χ1v) is 10.5. The highest BCUT2D eigenvalue weighted by Crippen LogP contribution is 2.27. The summed E-state index contributed by atoms with van der Waals surface area (Å²) in [5.74, 6) is 1.58. The third-order valence-corrected chi connectivity index (χ3v) is 5.56. The van der Waals surface area contributed by atoms with E-state index in [1.54, 1.807) is 6.07 Å². The lowest BCUT2D eigenvalue weighted by molar-refractivity contribution is -0.113. The maximum Gasteiger partial charge on any atom is 0.234 e. The summed E-state index contributed by atoms with van der Waals surface area (Å²) in [6.07, 6.45) is -0.303. The van der Waals surface area contributed by atoms with Gasteiger partial charge in [-0.1, -0.05) is 35.5 Å². The van der Waals surface area contributed by atoms with E-state index < -0.39 is 0 Å². The molecule has 29 heavy (non-hydrogen) atoms. The zero-order valence-corrected chi connectivity index (χ0v) is 18.3. The van der Waals surface area contributed by atoms with Gasteiger partial charge in [0.25, 0.3) is 0 Å². The van der Waals surface area contributed by atoms with Gasteiger partial charge in [0.1, 0.15) is 5.75 Å². The highest BCUT2D eigenvalue weighted by molar-refractivity contribution is 7.99. The van der Waals surface area contributed by atoms with Crippen molar-refractivity contribution in [3.63, 3.8) is 0 Å². The molecule has 1 atom stereocenters. The Labute approximate surface area is 179 Å². The van der Waals surface area contributed by atoms with Gasteiger partial charge in [-0.2, -0.15) is 0 Å². The lowest BCUT2D eigenvalue weighted by Gasteiger charge is -2.16. The molecule has 0 aliphatic rings. The average molecular weight is 431 g/mol. The number of benzene rings is 2. The Hall–Kier alpha value is -2.51. The molecule has 0 radical (unpaired) electrons. The van der Waals surface area contributed by atoms with Gasteiger partial charge in [-0.05, 0) is 62.2 Å². The second kappa shape index (κ2) is 9.33. The van der Waals surface area contributed by atoms with Crippen molar-refractivity contribution in [2.24, 2.45) is 7.05 Å². The Morgan fingerprint density at radius 2 is 2.03 bits per heavy atom. The second-order valence-electron chi connectivity index (χ2n) is 6.78. The minimum Gasteiger partial charge on any atom is -0.482 e. The second-order valence-corrected chi connectivity index (χ2v) is 8.15. The van der Waals surface area contributed by atoms with E-state index in [-0.39, 0.29) is 17.8 Å². The van der Waals surface area contributed by atoms with Gasteiger partial charge in [-0.25, -0.2) is 0 Å². The summed E-state index contributed by atoms with van der Waals surface area (Å²) in [7, 11) is 1.87. The molecule has 1 heterocycles. The summed E-state index contributed by atoms with van der Waals surface area (Å²) in [4.78, 5) is 12.2. The molecule has 0 fully saturated rings. The summed E-state index contributed by atoms with van der Waals surface area (Å²) >= 11 is 7.33. The highest BCUT2D eigenvalue weighted by atomic mass is 35.5. The zero-order valence-electron chi connectivity index (χ0n) is 16.8. The van der Waals surface area contributed by atoms with Gasteiger partial charge < -0.3 is 14.6 Å². The fourth-order valence-corrected chi connectivity index (χ4v) is 3.79. The van der Waals surface area contributed by atoms with Crippen molar-refractivity contribution in [3.05, 3.63) is 64.4 Å². The monoisotopic (exact) mass is 430 g/mol. The lowest BCUT2D eigenvalue weighted by Crippen LogP contribution is -2.15. The summed E-state index contributed by atoms with van der Waals surface area (Å²) in [6, 6.07) is 13.2. The third-order valence-electron chi connectivity index (χ3n) is 4.31. The Morgan fingerprint density at radius 1 is 1.24 bits per heavy atom. The number of carbonyl (C=O) groups excluding carboxylic acids is 1. The summed E-state index contributed by atoms with van der Waals surface area (Å²) in [5, 5.41) is 12.7. The van der Waals surface area contributed by atoms with Gasteiger partial charge in [0.15, 0.2) is 17.1 Å². The fraction of sp³-hybridized carbons (Fsp3) is 0.286. The molecule has 0 saturated heterocycles. The molecule has 1 amide bonds. The molecule has 3 rings (SSSR count). The van der Waals surface area contributed by atoms with Crippen LogP contribution in [0.4, 0.5) is 5.69 Å². The average Bonchev–Trinajstić information content (AvgIpc) is 3.03. The van der Waals surface area contributed by atoms with Gasteiger partial charge in [-0.15, -0.1) is 10.2 Å². The molecule has 0 bridgehead atoms. The predicted octanol–water partition coefficient (Wildman–Crippen LogP) is 4.96. The maximum atomic E-state index is 12.2. The number of rotatable bonds is 7. The normalized spacial score (nSPS) is 11.9. The van der Waals surface area contributed by atoms with Crippen LogP contribution in [0.15, 0.2) is 47.6 Å². The van der Waals surface area contributed by atoms with Crippen LogP contribution in [0.1, 0.15) is 30.0 Å². The maximum absolute atomic E-state index is 12.2. The largest absolute Gasteiger partial charge is 0.482 e. The molecule has 0 aliphatic carbocycles. The number of nitrogens with zero attached hydrogens (tertiary/aromatic N) is 3. The summed E-state index contributed by atoms with van der Waals surface area (Å²) in [5.41, 5.74) is 2.84. The number of amides is 1. The summed E-state index contributed by atoms with van der Waals surface area (Å²) < 4.78 is 7.87. The number of aromatic nitrogens is 3. The van der Waals surface area contributed by atoms with Gasteiger partial charge >= 0.3 is 0 Å². The van der Waals surface area contributed by atoms with Crippen LogP contribution in [-0.2, 0) is 11.8 Å². The zero-order chi connectivity index (χ0) is 21.0. The highest BCUT2D eigenvalue weighted by Gasteiger charge is 2.18. The minimum absolute atomic E-state index is 0.0914. The van der Waals surface area contributed by atoms with Gasteiger partial charge in [0.2, 0.25) is 5.91 Å². The predicted molar refractivity (Wildman–Crippen MR) is 117 cm³/mol. The number of anilines is 1. The van der Waals surface area contributed by atoms with Crippen LogP contribution in [0.2, 0.25) is 5.02 Å². The van der Waals surface area contributed by atoms with Crippen molar-refractivity contribution < 1.29 is 9.53 Å². The van der Waals surface area contributed by atoms with E-state index in [9.17, 15) is 4.79 Å². The van der Waals surface area contributed by atoms with Crippen LogP contribution < -0.4 is 10.1 Å². The lowest BCUT2D eigenvalue weighted by atomic mass is 10.2. The first-order valence-electron chi connectivity index (χ1n) is 9.15. The minimum atomic E-state index is -0.303. The van der Waals surface area contributed by atoms with Crippen molar-refractivity contribution >= 4 is 35.0 Å². The SMILES string of the molecule is Cc1cccc(NC(=O)CSc2nnc(C(C)Oc3ccc(Cl)cc3C)n2C)c1. The van der Waals surface area contributed by atoms with E-state index in [1.165, 1.54) is 11.8 Å². The standard InChI is InChI=1S/C21H23ClN4O2S/c1-13-6-5-7-17(10-13)23-19(27)12-29-21-25-24-20(26(21)4)15(3)28-18-9-8-16(22)11-14(18)2/h5-11,15H,12H2,1-4H3,(H,23,27). The van der Waals surface area contributed by atoms with E-state index in [2.05, 4.69) is 15.5 Å². The molecule has 1 aromatic heterocycles. The number of ether oxygens (including phenoxy) is 1. The quantitative estimate of drug-likeness (QED) is 0.536. The Kier molecular flexibility index (Phi) is 6.82. The molecular formula is C21H23ClN4O2S. The smallest absolute Gasteiger partial charge is 0.234 e. The molecule has 3 aromatic rings. The topological polar surface area (TPSA) is 69.0 Å². The Bertz CT molecular complexity index is 1020. The van der Waals surface area contributed by atoms with Crippen LogP contribution in [0.25, 0.3) is 0 Å². The first-order chi connectivity index (χ1) is 13.8. The molecule has 1 N–H and O–H groups in total. The van der Waals surface area contributed by atoms with Crippen molar-refractivity contribution in [2.45, 2.75) is 32.0 Å². The number of halogens is 1.